The Bertz CT molecular complexity index is 521. The largest absolute Gasteiger partial charge is 0.339 e. The van der Waals surface area contributed by atoms with E-state index in [0.717, 1.165) is 31.4 Å². The Morgan fingerprint density at radius 2 is 2.10 bits per heavy atom. The average molecular weight is 296 g/mol. The van der Waals surface area contributed by atoms with E-state index >= 15 is 0 Å². The maximum Gasteiger partial charge on any atom is 0.226 e. The molecule has 0 heterocycles. The van der Waals surface area contributed by atoms with Gasteiger partial charge in [0.05, 0.1) is 6.04 Å². The molecule has 1 amide bonds. The maximum atomic E-state index is 13.3. The lowest BCUT2D eigenvalue weighted by Crippen LogP contribution is -2.38. The van der Waals surface area contributed by atoms with Crippen molar-refractivity contribution in [2.45, 2.75) is 32.2 Å². The van der Waals surface area contributed by atoms with Gasteiger partial charge in [0.15, 0.2) is 11.6 Å². The molecule has 5 heteroatoms. The second-order valence-corrected chi connectivity index (χ2v) is 5.83. The fourth-order valence-electron chi connectivity index (χ4n) is 3.09. The molecule has 21 heavy (non-hydrogen) atoms. The molecule has 1 aromatic carbocycles. The number of rotatable bonds is 4. The molecule has 0 aliphatic heterocycles. The van der Waals surface area contributed by atoms with Gasteiger partial charge in [0.25, 0.3) is 0 Å². The number of nitrogens with two attached hydrogens (primary N) is 1. The van der Waals surface area contributed by atoms with E-state index in [1.165, 1.54) is 6.07 Å². The van der Waals surface area contributed by atoms with Crippen LogP contribution in [0.25, 0.3) is 0 Å². The topological polar surface area (TPSA) is 46.3 Å². The summed E-state index contributed by atoms with van der Waals surface area (Å²) in [6, 6.07) is 3.46. The molecule has 1 saturated carbocycles. The molecule has 0 spiro atoms. The van der Waals surface area contributed by atoms with Crippen LogP contribution in [0.1, 0.15) is 37.8 Å². The predicted molar refractivity (Wildman–Crippen MR) is 77.4 cm³/mol. The van der Waals surface area contributed by atoms with Gasteiger partial charge in [0.2, 0.25) is 5.91 Å². The van der Waals surface area contributed by atoms with Crippen LogP contribution in [0.3, 0.4) is 0 Å². The number of carbonyl (C=O) groups excluding carboxylic acids is 1. The van der Waals surface area contributed by atoms with Gasteiger partial charge in [-0.3, -0.25) is 4.79 Å². The van der Waals surface area contributed by atoms with E-state index in [-0.39, 0.29) is 23.8 Å². The predicted octanol–water partition coefficient (Wildman–Crippen LogP) is 2.86. The number of carbonyl (C=O) groups is 1. The molecular weight excluding hydrogens is 274 g/mol. The molecule has 1 fully saturated rings. The first-order chi connectivity index (χ1) is 9.95. The third-order valence-corrected chi connectivity index (χ3v) is 4.63. The molecule has 2 N–H and O–H groups in total. The number of nitrogens with zero attached hydrogens (tertiary/aromatic N) is 1. The van der Waals surface area contributed by atoms with Crippen LogP contribution in [0.15, 0.2) is 18.2 Å². The zero-order chi connectivity index (χ0) is 15.6. The maximum absolute atomic E-state index is 13.3. The Kier molecular flexibility index (Phi) is 4.93. The minimum absolute atomic E-state index is 0.0418. The Hall–Kier alpha value is -1.49. The van der Waals surface area contributed by atoms with Crippen molar-refractivity contribution < 1.29 is 13.6 Å². The molecule has 0 radical (unpaired) electrons. The minimum atomic E-state index is -0.888. The fraction of sp³-hybridized carbons (Fsp3) is 0.562. The third-order valence-electron chi connectivity index (χ3n) is 4.63. The van der Waals surface area contributed by atoms with Gasteiger partial charge in [-0.25, -0.2) is 8.78 Å². The summed E-state index contributed by atoms with van der Waals surface area (Å²) < 4.78 is 26.3. The van der Waals surface area contributed by atoms with Crippen molar-refractivity contribution >= 4 is 5.91 Å². The highest BCUT2D eigenvalue weighted by molar-refractivity contribution is 5.79. The summed E-state index contributed by atoms with van der Waals surface area (Å²) in [6.07, 6.45) is 2.86. The monoisotopic (exact) mass is 296 g/mol. The van der Waals surface area contributed by atoms with Gasteiger partial charge in [-0.05, 0) is 49.9 Å². The number of benzene rings is 1. The summed E-state index contributed by atoms with van der Waals surface area (Å²) in [5.74, 6) is -1.54. The van der Waals surface area contributed by atoms with Crippen molar-refractivity contribution in [3.63, 3.8) is 0 Å². The first-order valence-electron chi connectivity index (χ1n) is 7.37. The molecule has 1 aliphatic rings. The van der Waals surface area contributed by atoms with E-state index in [0.29, 0.717) is 12.1 Å². The van der Waals surface area contributed by atoms with Crippen molar-refractivity contribution in [2.75, 3.05) is 13.6 Å². The Morgan fingerprint density at radius 1 is 1.38 bits per heavy atom. The highest BCUT2D eigenvalue weighted by Gasteiger charge is 2.35. The lowest BCUT2D eigenvalue weighted by atomic mass is 9.94. The second-order valence-electron chi connectivity index (χ2n) is 5.83. The first kappa shape index (κ1) is 15.9. The van der Waals surface area contributed by atoms with E-state index in [1.54, 1.807) is 11.9 Å². The molecule has 2 rings (SSSR count). The summed E-state index contributed by atoms with van der Waals surface area (Å²) in [5.41, 5.74) is 6.31. The molecule has 1 unspecified atom stereocenters. The molecule has 3 nitrogen and oxygen atoms in total. The SMILES string of the molecule is CC(c1ccc(F)c(F)c1)N(C)C(=O)[C@@H]1CCC[C@@H]1CN. The van der Waals surface area contributed by atoms with Crippen LogP contribution in [0.2, 0.25) is 0 Å². The lowest BCUT2D eigenvalue weighted by molar-refractivity contribution is -0.137. The summed E-state index contributed by atoms with van der Waals surface area (Å²) in [4.78, 5) is 14.2. The molecule has 1 aromatic rings. The lowest BCUT2D eigenvalue weighted by Gasteiger charge is -2.30. The van der Waals surface area contributed by atoms with Crippen LogP contribution in [0.4, 0.5) is 8.78 Å². The van der Waals surface area contributed by atoms with Gasteiger partial charge < -0.3 is 10.6 Å². The standard InChI is InChI=1S/C16H22F2N2O/c1-10(11-6-7-14(17)15(18)8-11)20(2)16(21)13-5-3-4-12(13)9-19/h6-8,10,12-13H,3-5,9,19H2,1-2H3/t10?,12-,13-/m1/s1. The van der Waals surface area contributed by atoms with Crippen LogP contribution >= 0.6 is 0 Å². The summed E-state index contributed by atoms with van der Waals surface area (Å²) in [5, 5.41) is 0. The zero-order valence-corrected chi connectivity index (χ0v) is 12.5. The van der Waals surface area contributed by atoms with Crippen LogP contribution in [-0.2, 0) is 4.79 Å². The van der Waals surface area contributed by atoms with E-state index in [1.807, 2.05) is 6.92 Å². The van der Waals surface area contributed by atoms with E-state index < -0.39 is 11.6 Å². The molecule has 0 aromatic heterocycles. The molecule has 0 saturated heterocycles. The zero-order valence-electron chi connectivity index (χ0n) is 12.5. The van der Waals surface area contributed by atoms with Crippen LogP contribution < -0.4 is 5.73 Å². The Labute approximate surface area is 124 Å². The molecule has 1 aliphatic carbocycles. The fourth-order valence-corrected chi connectivity index (χ4v) is 3.09. The molecule has 0 bridgehead atoms. The van der Waals surface area contributed by atoms with Crippen molar-refractivity contribution in [3.05, 3.63) is 35.4 Å². The van der Waals surface area contributed by atoms with Crippen molar-refractivity contribution in [2.24, 2.45) is 17.6 Å². The van der Waals surface area contributed by atoms with Gasteiger partial charge in [0, 0.05) is 13.0 Å². The highest BCUT2D eigenvalue weighted by Crippen LogP contribution is 2.34. The average Bonchev–Trinajstić information content (AvgIpc) is 2.96. The van der Waals surface area contributed by atoms with Crippen LogP contribution in [0.5, 0.6) is 0 Å². The molecule has 3 atom stereocenters. The summed E-state index contributed by atoms with van der Waals surface area (Å²) in [7, 11) is 1.71. The molecule has 116 valence electrons. The van der Waals surface area contributed by atoms with Crippen molar-refractivity contribution in [1.29, 1.82) is 0 Å². The van der Waals surface area contributed by atoms with Gasteiger partial charge in [-0.2, -0.15) is 0 Å². The van der Waals surface area contributed by atoms with Crippen molar-refractivity contribution in [3.8, 4) is 0 Å². The van der Waals surface area contributed by atoms with E-state index in [9.17, 15) is 13.6 Å². The number of amides is 1. The van der Waals surface area contributed by atoms with Gasteiger partial charge in [0.1, 0.15) is 0 Å². The number of hydrogen-bond acceptors (Lipinski definition) is 2. The number of hydrogen-bond donors (Lipinski definition) is 1. The Morgan fingerprint density at radius 3 is 2.71 bits per heavy atom. The van der Waals surface area contributed by atoms with Gasteiger partial charge >= 0.3 is 0 Å². The van der Waals surface area contributed by atoms with Gasteiger partial charge in [-0.1, -0.05) is 12.5 Å². The smallest absolute Gasteiger partial charge is 0.226 e. The summed E-state index contributed by atoms with van der Waals surface area (Å²) in [6.45, 7) is 2.33. The van der Waals surface area contributed by atoms with Crippen LogP contribution in [-0.4, -0.2) is 24.4 Å². The van der Waals surface area contributed by atoms with E-state index in [4.69, 9.17) is 5.73 Å². The first-order valence-corrected chi connectivity index (χ1v) is 7.37. The molecular formula is C16H22F2N2O. The second kappa shape index (κ2) is 6.52. The van der Waals surface area contributed by atoms with Gasteiger partial charge in [-0.15, -0.1) is 0 Å². The normalized spacial score (nSPS) is 23.1. The van der Waals surface area contributed by atoms with Crippen LogP contribution in [0, 0.1) is 23.5 Å². The van der Waals surface area contributed by atoms with E-state index in [2.05, 4.69) is 0 Å². The highest BCUT2D eigenvalue weighted by atomic mass is 19.2. The third kappa shape index (κ3) is 3.23. The van der Waals surface area contributed by atoms with Crippen molar-refractivity contribution in [1.82, 2.24) is 4.90 Å². The summed E-state index contributed by atoms with van der Waals surface area (Å²) >= 11 is 0. The number of halogens is 2. The quantitative estimate of drug-likeness (QED) is 0.928. The Balaban J connectivity index is 2.12. The minimum Gasteiger partial charge on any atom is -0.339 e.